The third-order valence-corrected chi connectivity index (χ3v) is 13.1. The number of phenols is 1. The molecule has 0 saturated carbocycles. The molecule has 2 N–H and O–H groups in total. The summed E-state index contributed by atoms with van der Waals surface area (Å²) in [5, 5.41) is 21.2. The number of benzene rings is 3. The molecule has 1 spiro atoms. The van der Waals surface area contributed by atoms with E-state index in [-0.39, 0.29) is 23.0 Å². The van der Waals surface area contributed by atoms with E-state index < -0.39 is 5.41 Å². The molecule has 4 aromatic rings. The predicted octanol–water partition coefficient (Wildman–Crippen LogP) is 6.04. The van der Waals surface area contributed by atoms with Crippen LogP contribution in [0.15, 0.2) is 97.2 Å². The number of aromatic nitrogens is 2. The first-order chi connectivity index (χ1) is 27.8. The number of hydrogen-bond donors (Lipinski definition) is 2. The molecule has 0 radical (unpaired) electrons. The number of aromatic hydroxyl groups is 1. The van der Waals surface area contributed by atoms with Crippen LogP contribution in [0.3, 0.4) is 0 Å². The molecule has 298 valence electrons. The molecule has 0 bridgehead atoms. The zero-order chi connectivity index (χ0) is 39.2. The normalized spacial score (nSPS) is 20.9. The summed E-state index contributed by atoms with van der Waals surface area (Å²) in [6.07, 6.45) is 9.96. The second-order valence-electron chi connectivity index (χ2n) is 16.8. The number of hydrogen-bond acceptors (Lipinski definition) is 9. The van der Waals surface area contributed by atoms with Gasteiger partial charge in [0.2, 0.25) is 17.7 Å². The van der Waals surface area contributed by atoms with Gasteiger partial charge >= 0.3 is 0 Å². The minimum Gasteiger partial charge on any atom is -0.507 e. The molecule has 5 aliphatic rings. The fourth-order valence-electron chi connectivity index (χ4n) is 9.68. The standard InChI is InChI=1S/C41H48N6O2.C5H7NO2/c48-38-14-8-7-13-36(38)37-27-35(28-42-43-37)46-25-19-41(20-26-46,33-9-3-1-4-10-33)39(49)47-30-40(31-47)17-23-44(24-18-40)29-32-15-21-45(22-16-32)34-11-5-2-6-12-34;7-4-2-1-3-5(8)6-4/h1-14,27-28,32,48H,15-26,29-31H2;1-3H2,(H,6,7,8). The lowest BCUT2D eigenvalue weighted by molar-refractivity contribution is -0.154. The number of imide groups is 1. The molecule has 6 heterocycles. The Hall–Kier alpha value is -5.29. The lowest BCUT2D eigenvalue weighted by Crippen LogP contribution is -2.66. The summed E-state index contributed by atoms with van der Waals surface area (Å²) >= 11 is 0. The van der Waals surface area contributed by atoms with Crippen LogP contribution in [0.1, 0.15) is 63.4 Å². The maximum absolute atomic E-state index is 14.5. The minimum atomic E-state index is -0.518. The van der Waals surface area contributed by atoms with Crippen LogP contribution in [-0.2, 0) is 19.8 Å². The van der Waals surface area contributed by atoms with Crippen molar-refractivity contribution in [2.24, 2.45) is 11.3 Å². The van der Waals surface area contributed by atoms with Gasteiger partial charge in [0, 0.05) is 75.3 Å². The molecule has 11 heteroatoms. The van der Waals surface area contributed by atoms with Gasteiger partial charge in [0.15, 0.2) is 0 Å². The van der Waals surface area contributed by atoms with Gasteiger partial charge in [-0.3, -0.25) is 19.7 Å². The first-order valence-electron chi connectivity index (χ1n) is 20.9. The van der Waals surface area contributed by atoms with Crippen LogP contribution in [0.4, 0.5) is 11.4 Å². The summed E-state index contributed by atoms with van der Waals surface area (Å²) in [5.41, 5.74) is 4.55. The number of amides is 3. The zero-order valence-corrected chi connectivity index (χ0v) is 32.9. The van der Waals surface area contributed by atoms with Crippen molar-refractivity contribution in [3.8, 4) is 17.0 Å². The van der Waals surface area contributed by atoms with Gasteiger partial charge in [0.25, 0.3) is 0 Å². The van der Waals surface area contributed by atoms with E-state index in [2.05, 4.69) is 89.7 Å². The van der Waals surface area contributed by atoms with Gasteiger partial charge in [-0.1, -0.05) is 60.7 Å². The second kappa shape index (κ2) is 17.1. The second-order valence-corrected chi connectivity index (χ2v) is 16.8. The molecule has 5 saturated heterocycles. The maximum Gasteiger partial charge on any atom is 0.233 e. The molecule has 11 nitrogen and oxygen atoms in total. The van der Waals surface area contributed by atoms with Gasteiger partial charge in [0.05, 0.1) is 23.0 Å². The molecule has 0 aliphatic carbocycles. The highest BCUT2D eigenvalue weighted by Crippen LogP contribution is 2.46. The van der Waals surface area contributed by atoms with E-state index in [1.165, 1.54) is 37.9 Å². The Morgan fingerprint density at radius 1 is 0.737 bits per heavy atom. The molecular formula is C46H55N7O4. The van der Waals surface area contributed by atoms with Crippen molar-refractivity contribution < 1.29 is 19.5 Å². The van der Waals surface area contributed by atoms with E-state index in [4.69, 9.17) is 0 Å². The van der Waals surface area contributed by atoms with Gasteiger partial charge in [-0.25, -0.2) is 0 Å². The van der Waals surface area contributed by atoms with Crippen LogP contribution in [0.5, 0.6) is 5.75 Å². The highest BCUT2D eigenvalue weighted by molar-refractivity contribution is 5.97. The first kappa shape index (κ1) is 38.6. The van der Waals surface area contributed by atoms with Gasteiger partial charge in [-0.15, -0.1) is 0 Å². The summed E-state index contributed by atoms with van der Waals surface area (Å²) in [4.78, 5) is 45.0. The Balaban J connectivity index is 0.000000509. The summed E-state index contributed by atoms with van der Waals surface area (Å²) in [6.45, 7) is 9.14. The average molecular weight is 770 g/mol. The van der Waals surface area contributed by atoms with Gasteiger partial charge < -0.3 is 24.7 Å². The largest absolute Gasteiger partial charge is 0.507 e. The number of piperidine rings is 4. The van der Waals surface area contributed by atoms with Crippen LogP contribution in [-0.4, -0.2) is 102 Å². The Labute approximate surface area is 336 Å². The number of likely N-dealkylation sites (tertiary alicyclic amines) is 2. The molecule has 5 aliphatic heterocycles. The maximum atomic E-state index is 14.5. The Bertz CT molecular complexity index is 1980. The van der Waals surface area contributed by atoms with E-state index in [1.807, 2.05) is 30.3 Å². The third-order valence-electron chi connectivity index (χ3n) is 13.1. The summed E-state index contributed by atoms with van der Waals surface area (Å²) in [6, 6.07) is 30.6. The average Bonchev–Trinajstić information content (AvgIpc) is 3.24. The summed E-state index contributed by atoms with van der Waals surface area (Å²) < 4.78 is 0. The Kier molecular flexibility index (Phi) is 11.5. The van der Waals surface area contributed by atoms with Crippen molar-refractivity contribution in [3.05, 3.63) is 103 Å². The van der Waals surface area contributed by atoms with E-state index in [0.717, 1.165) is 82.4 Å². The van der Waals surface area contributed by atoms with Crippen molar-refractivity contribution in [2.45, 2.75) is 63.2 Å². The van der Waals surface area contributed by atoms with Crippen molar-refractivity contribution >= 4 is 29.1 Å². The number of phenolic OH excluding ortho intramolecular Hbond substituents is 1. The lowest BCUT2D eigenvalue weighted by Gasteiger charge is -2.57. The molecule has 57 heavy (non-hydrogen) atoms. The van der Waals surface area contributed by atoms with Crippen molar-refractivity contribution in [2.75, 3.05) is 68.7 Å². The van der Waals surface area contributed by atoms with Crippen molar-refractivity contribution in [3.63, 3.8) is 0 Å². The van der Waals surface area contributed by atoms with E-state index >= 15 is 0 Å². The number of nitrogens with one attached hydrogen (secondary N) is 1. The van der Waals surface area contributed by atoms with Gasteiger partial charge in [-0.2, -0.15) is 10.2 Å². The van der Waals surface area contributed by atoms with Crippen molar-refractivity contribution in [1.29, 1.82) is 0 Å². The monoisotopic (exact) mass is 769 g/mol. The highest BCUT2D eigenvalue weighted by atomic mass is 16.3. The first-order valence-corrected chi connectivity index (χ1v) is 20.9. The smallest absolute Gasteiger partial charge is 0.233 e. The lowest BCUT2D eigenvalue weighted by atomic mass is 9.67. The van der Waals surface area contributed by atoms with Crippen LogP contribution >= 0.6 is 0 Å². The van der Waals surface area contributed by atoms with Crippen LogP contribution in [0.2, 0.25) is 0 Å². The summed E-state index contributed by atoms with van der Waals surface area (Å²) in [7, 11) is 0. The molecule has 5 fully saturated rings. The van der Waals surface area contributed by atoms with Crippen molar-refractivity contribution in [1.82, 2.24) is 25.3 Å². The Morgan fingerprint density at radius 2 is 1.35 bits per heavy atom. The quantitative estimate of drug-likeness (QED) is 0.217. The highest BCUT2D eigenvalue weighted by Gasteiger charge is 2.53. The fourth-order valence-corrected chi connectivity index (χ4v) is 9.68. The van der Waals surface area contributed by atoms with E-state index in [1.54, 1.807) is 12.3 Å². The SMILES string of the molecule is O=C(N1CC2(CCN(CC3CCN(c4ccccc4)CC3)CC2)C1)C1(c2ccccc2)CCN(c2cnnc(-c3ccccc3O)c2)CC1.O=C1CCCC(=O)N1. The molecule has 3 aromatic carbocycles. The summed E-state index contributed by atoms with van der Waals surface area (Å²) in [5.74, 6) is 1.01. The molecule has 1 aromatic heterocycles. The molecule has 3 amide bonds. The number of para-hydroxylation sites is 2. The minimum absolute atomic E-state index is 0.138. The zero-order valence-electron chi connectivity index (χ0n) is 32.9. The number of carbonyl (C=O) groups excluding carboxylic acids is 3. The number of nitrogens with zero attached hydrogens (tertiary/aromatic N) is 6. The number of rotatable bonds is 7. The molecular weight excluding hydrogens is 715 g/mol. The van der Waals surface area contributed by atoms with Crippen LogP contribution in [0, 0.1) is 11.3 Å². The molecule has 0 atom stereocenters. The third kappa shape index (κ3) is 8.68. The predicted molar refractivity (Wildman–Crippen MR) is 222 cm³/mol. The number of anilines is 2. The number of carbonyl (C=O) groups is 3. The molecule has 9 rings (SSSR count). The van der Waals surface area contributed by atoms with Crippen LogP contribution in [0.25, 0.3) is 11.3 Å². The van der Waals surface area contributed by atoms with Crippen LogP contribution < -0.4 is 15.1 Å². The van der Waals surface area contributed by atoms with Gasteiger partial charge in [-0.05, 0) is 99.8 Å². The Morgan fingerprint density at radius 3 is 1.98 bits per heavy atom. The topological polar surface area (TPSA) is 122 Å². The van der Waals surface area contributed by atoms with Gasteiger partial charge in [0.1, 0.15) is 5.75 Å². The fraction of sp³-hybridized carbons (Fsp3) is 0.457. The van der Waals surface area contributed by atoms with E-state index in [9.17, 15) is 19.5 Å². The van der Waals surface area contributed by atoms with E-state index in [0.29, 0.717) is 36.4 Å². The molecule has 0 unspecified atom stereocenters.